The number of rotatable bonds is 1. The summed E-state index contributed by atoms with van der Waals surface area (Å²) in [4.78, 5) is 0. The molecule has 5 heteroatoms. The number of thiophene rings is 1. The van der Waals surface area contributed by atoms with E-state index in [2.05, 4.69) is 0 Å². The Bertz CT molecular complexity index is 478. The molecule has 2 aromatic rings. The van der Waals surface area contributed by atoms with Crippen molar-refractivity contribution in [2.45, 2.75) is 4.21 Å². The first-order valence-electron chi connectivity index (χ1n) is 3.45. The van der Waals surface area contributed by atoms with Gasteiger partial charge in [-0.2, -0.15) is 0 Å². The summed E-state index contributed by atoms with van der Waals surface area (Å²) in [7, 11) is 0. The van der Waals surface area contributed by atoms with Gasteiger partial charge in [0.15, 0.2) is 0 Å². The lowest BCUT2D eigenvalue weighted by Crippen LogP contribution is -1.80. The highest BCUT2D eigenvalue weighted by Gasteiger charge is 2.01. The van der Waals surface area contributed by atoms with E-state index in [0.717, 1.165) is 10.1 Å². The molecule has 0 aliphatic heterocycles. The fraction of sp³-hybridized carbons (Fsp3) is 0. The zero-order valence-corrected chi connectivity index (χ0v) is 8.71. The third kappa shape index (κ3) is 1.76. The average molecular weight is 232 g/mol. The summed E-state index contributed by atoms with van der Waals surface area (Å²) < 4.78 is 22.5. The van der Waals surface area contributed by atoms with Crippen molar-refractivity contribution in [2.75, 3.05) is 0 Å². The maximum atomic E-state index is 10.6. The van der Waals surface area contributed by atoms with Crippen LogP contribution in [0.15, 0.2) is 28.5 Å². The Hall–Kier alpha value is -0.420. The molecule has 1 atom stereocenters. The van der Waals surface area contributed by atoms with Crippen molar-refractivity contribution < 1.29 is 8.76 Å². The Morgan fingerprint density at radius 2 is 2.15 bits per heavy atom. The minimum atomic E-state index is -2.14. The zero-order chi connectivity index (χ0) is 9.42. The van der Waals surface area contributed by atoms with Gasteiger partial charge in [0, 0.05) is 9.72 Å². The highest BCUT2D eigenvalue weighted by molar-refractivity contribution is 7.82. The predicted molar refractivity (Wildman–Crippen MR) is 54.0 cm³/mol. The van der Waals surface area contributed by atoms with E-state index < -0.39 is 11.1 Å². The van der Waals surface area contributed by atoms with Gasteiger partial charge in [0.25, 0.3) is 0 Å². The molecule has 2 rings (SSSR count). The van der Waals surface area contributed by atoms with Crippen molar-refractivity contribution >= 4 is 44.1 Å². The minimum Gasteiger partial charge on any atom is -0.768 e. The molecule has 0 radical (unpaired) electrons. The molecular formula is C8H4ClO2S2-. The van der Waals surface area contributed by atoms with Crippen LogP contribution in [0.2, 0.25) is 5.02 Å². The van der Waals surface area contributed by atoms with Crippen LogP contribution in [0.3, 0.4) is 0 Å². The van der Waals surface area contributed by atoms with Crippen molar-refractivity contribution in [1.82, 2.24) is 0 Å². The van der Waals surface area contributed by atoms with E-state index in [1.165, 1.54) is 11.3 Å². The quantitative estimate of drug-likeness (QED) is 0.708. The van der Waals surface area contributed by atoms with Gasteiger partial charge in [-0.15, -0.1) is 11.3 Å². The Balaban J connectivity index is 2.68. The third-order valence-electron chi connectivity index (χ3n) is 1.62. The molecule has 2 nitrogen and oxygen atoms in total. The Labute approximate surface area is 86.4 Å². The maximum Gasteiger partial charge on any atom is 0.0784 e. The molecule has 1 unspecified atom stereocenters. The van der Waals surface area contributed by atoms with E-state index in [0.29, 0.717) is 9.23 Å². The van der Waals surface area contributed by atoms with Crippen LogP contribution in [0.5, 0.6) is 0 Å². The van der Waals surface area contributed by atoms with Gasteiger partial charge in [0.05, 0.1) is 4.21 Å². The lowest BCUT2D eigenvalue weighted by Gasteiger charge is -1.96. The molecule has 0 saturated carbocycles. The first-order valence-corrected chi connectivity index (χ1v) is 5.72. The van der Waals surface area contributed by atoms with Crippen LogP contribution in [-0.2, 0) is 11.1 Å². The summed E-state index contributed by atoms with van der Waals surface area (Å²) in [5.74, 6) is 0. The molecule has 0 spiro atoms. The predicted octanol–water partition coefficient (Wildman–Crippen LogP) is 2.79. The van der Waals surface area contributed by atoms with Crippen molar-refractivity contribution in [1.29, 1.82) is 0 Å². The van der Waals surface area contributed by atoms with E-state index in [-0.39, 0.29) is 0 Å². The lowest BCUT2D eigenvalue weighted by atomic mass is 10.3. The minimum absolute atomic E-state index is 0.345. The van der Waals surface area contributed by atoms with E-state index in [9.17, 15) is 8.76 Å². The topological polar surface area (TPSA) is 40.1 Å². The molecule has 0 aliphatic carbocycles. The van der Waals surface area contributed by atoms with Crippen molar-refractivity contribution in [2.24, 2.45) is 0 Å². The van der Waals surface area contributed by atoms with Gasteiger partial charge in [-0.3, -0.25) is 4.21 Å². The summed E-state index contributed by atoms with van der Waals surface area (Å²) in [6, 6.07) is 6.95. The van der Waals surface area contributed by atoms with Crippen LogP contribution in [0.1, 0.15) is 0 Å². The van der Waals surface area contributed by atoms with Gasteiger partial charge in [-0.1, -0.05) is 17.7 Å². The fourth-order valence-electron chi connectivity index (χ4n) is 1.06. The first kappa shape index (κ1) is 9.15. The number of hydrogen-bond acceptors (Lipinski definition) is 3. The van der Waals surface area contributed by atoms with Gasteiger partial charge in [-0.25, -0.2) is 0 Å². The van der Waals surface area contributed by atoms with Gasteiger partial charge >= 0.3 is 0 Å². The molecule has 0 amide bonds. The molecule has 0 bridgehead atoms. The van der Waals surface area contributed by atoms with Crippen molar-refractivity contribution in [3.63, 3.8) is 0 Å². The number of halogens is 1. The largest absolute Gasteiger partial charge is 0.768 e. The van der Waals surface area contributed by atoms with Gasteiger partial charge in [0.2, 0.25) is 0 Å². The van der Waals surface area contributed by atoms with Crippen molar-refractivity contribution in [3.8, 4) is 0 Å². The summed E-state index contributed by atoms with van der Waals surface area (Å²) in [5.41, 5.74) is 0. The van der Waals surface area contributed by atoms with Crippen LogP contribution >= 0.6 is 22.9 Å². The zero-order valence-electron chi connectivity index (χ0n) is 6.32. The van der Waals surface area contributed by atoms with E-state index in [1.54, 1.807) is 18.2 Å². The summed E-state index contributed by atoms with van der Waals surface area (Å²) >= 11 is 4.84. The molecule has 68 valence electrons. The van der Waals surface area contributed by atoms with Crippen LogP contribution in [0.25, 0.3) is 10.1 Å². The normalized spacial score (nSPS) is 13.4. The molecule has 0 fully saturated rings. The summed E-state index contributed by atoms with van der Waals surface area (Å²) in [5, 5.41) is 1.53. The first-order chi connectivity index (χ1) is 6.16. The average Bonchev–Trinajstić information content (AvgIpc) is 2.46. The second kappa shape index (κ2) is 3.38. The second-order valence-corrected chi connectivity index (χ2v) is 5.17. The van der Waals surface area contributed by atoms with Crippen molar-refractivity contribution in [3.05, 3.63) is 29.3 Å². The summed E-state index contributed by atoms with van der Waals surface area (Å²) in [6.07, 6.45) is 0. The molecule has 1 aromatic carbocycles. The van der Waals surface area contributed by atoms with Crippen LogP contribution in [0, 0.1) is 0 Å². The smallest absolute Gasteiger partial charge is 0.0784 e. The second-order valence-electron chi connectivity index (χ2n) is 2.48. The fourth-order valence-corrected chi connectivity index (χ4v) is 2.90. The van der Waals surface area contributed by atoms with Gasteiger partial charge in [-0.05, 0) is 34.7 Å². The Kier molecular flexibility index (Phi) is 2.38. The molecular weight excluding hydrogens is 228 g/mol. The lowest BCUT2D eigenvalue weighted by molar-refractivity contribution is 0.539. The highest BCUT2D eigenvalue weighted by Crippen LogP contribution is 2.29. The molecule has 1 heterocycles. The van der Waals surface area contributed by atoms with Gasteiger partial charge in [0.1, 0.15) is 0 Å². The number of benzene rings is 1. The van der Waals surface area contributed by atoms with Gasteiger partial charge < -0.3 is 4.55 Å². The Morgan fingerprint density at radius 3 is 2.85 bits per heavy atom. The SMILES string of the molecule is O=S([O-])c1cc2ccc(Cl)cc2s1. The molecule has 0 N–H and O–H groups in total. The van der Waals surface area contributed by atoms with Crippen LogP contribution in [-0.4, -0.2) is 8.76 Å². The molecule has 0 saturated heterocycles. The van der Waals surface area contributed by atoms with E-state index in [4.69, 9.17) is 11.6 Å². The monoisotopic (exact) mass is 231 g/mol. The van der Waals surface area contributed by atoms with Crippen LogP contribution in [0.4, 0.5) is 0 Å². The summed E-state index contributed by atoms with van der Waals surface area (Å²) in [6.45, 7) is 0. The maximum absolute atomic E-state index is 10.6. The molecule has 0 aliphatic rings. The number of fused-ring (bicyclic) bond motifs is 1. The standard InChI is InChI=1S/C8H5ClO2S2/c9-6-2-1-5-3-8(13(10)11)12-7(5)4-6/h1-4H,(H,10,11)/p-1. The third-order valence-corrected chi connectivity index (χ3v) is 3.86. The molecule has 13 heavy (non-hydrogen) atoms. The Morgan fingerprint density at radius 1 is 1.38 bits per heavy atom. The highest BCUT2D eigenvalue weighted by atomic mass is 35.5. The number of hydrogen-bond donors (Lipinski definition) is 0. The molecule has 1 aromatic heterocycles. The van der Waals surface area contributed by atoms with E-state index >= 15 is 0 Å². The van der Waals surface area contributed by atoms with Crippen LogP contribution < -0.4 is 0 Å². The van der Waals surface area contributed by atoms with E-state index in [1.807, 2.05) is 6.07 Å².